The molecule has 140 valence electrons. The molecule has 1 fully saturated rings. The van der Waals surface area contributed by atoms with E-state index in [0.29, 0.717) is 45.9 Å². The van der Waals surface area contributed by atoms with Crippen LogP contribution in [0.1, 0.15) is 5.56 Å². The van der Waals surface area contributed by atoms with Gasteiger partial charge in [0.15, 0.2) is 5.82 Å². The number of halogens is 3. The molecule has 1 saturated heterocycles. The molecule has 3 aromatic rings. The van der Waals surface area contributed by atoms with Gasteiger partial charge in [-0.15, -0.1) is 0 Å². The van der Waals surface area contributed by atoms with Crippen molar-refractivity contribution in [1.82, 2.24) is 19.9 Å². The maximum Gasteiger partial charge on any atom is 0.225 e. The van der Waals surface area contributed by atoms with E-state index in [4.69, 9.17) is 39.5 Å². The Hall–Kier alpha value is -1.38. The molecule has 0 radical (unpaired) electrons. The third-order valence-electron chi connectivity index (χ3n) is 4.09. The van der Waals surface area contributed by atoms with E-state index in [9.17, 15) is 0 Å². The van der Waals surface area contributed by atoms with E-state index in [1.807, 2.05) is 12.1 Å². The summed E-state index contributed by atoms with van der Waals surface area (Å²) in [6, 6.07) is 5.45. The zero-order chi connectivity index (χ0) is 18.8. The Labute approximate surface area is 175 Å². The minimum Gasteiger partial charge on any atom is -0.378 e. The van der Waals surface area contributed by atoms with Gasteiger partial charge in [-0.2, -0.15) is 4.98 Å². The lowest BCUT2D eigenvalue weighted by Gasteiger charge is -2.28. The molecule has 3 heterocycles. The number of morpholine rings is 1. The normalized spacial score (nSPS) is 14.7. The molecule has 27 heavy (non-hydrogen) atoms. The van der Waals surface area contributed by atoms with Gasteiger partial charge in [-0.05, 0) is 29.3 Å². The van der Waals surface area contributed by atoms with Crippen molar-refractivity contribution in [1.29, 1.82) is 0 Å². The highest BCUT2D eigenvalue weighted by Crippen LogP contribution is 2.33. The number of ether oxygens (including phenoxy) is 1. The first-order valence-corrected chi connectivity index (χ1v) is 10.3. The maximum atomic E-state index is 6.27. The molecule has 1 aliphatic heterocycles. The highest BCUT2D eigenvalue weighted by molar-refractivity contribution is 7.98. The third kappa shape index (κ3) is 4.22. The summed E-state index contributed by atoms with van der Waals surface area (Å²) in [5.41, 5.74) is 2.28. The van der Waals surface area contributed by atoms with Crippen LogP contribution >= 0.6 is 46.6 Å². The molecular weight excluding hydrogens is 429 g/mol. The molecule has 0 N–H and O–H groups in total. The lowest BCUT2D eigenvalue weighted by atomic mass is 10.2. The number of aromatic nitrogens is 4. The summed E-state index contributed by atoms with van der Waals surface area (Å²) in [6.45, 7) is 2.75. The van der Waals surface area contributed by atoms with Crippen molar-refractivity contribution in [2.45, 2.75) is 10.8 Å². The van der Waals surface area contributed by atoms with Crippen molar-refractivity contribution < 1.29 is 4.74 Å². The highest BCUT2D eigenvalue weighted by Gasteiger charge is 2.20. The largest absolute Gasteiger partial charge is 0.378 e. The van der Waals surface area contributed by atoms with Crippen LogP contribution in [0.2, 0.25) is 15.3 Å². The first-order chi connectivity index (χ1) is 13.1. The van der Waals surface area contributed by atoms with Crippen LogP contribution in [0.25, 0.3) is 11.0 Å². The van der Waals surface area contributed by atoms with Crippen LogP contribution in [0.4, 0.5) is 5.82 Å². The van der Waals surface area contributed by atoms with Gasteiger partial charge in [-0.3, -0.25) is 0 Å². The topological polar surface area (TPSA) is 64.0 Å². The SMILES string of the molecule is Clc1ccc(CSc2ncnc3c(N4CCOCC4)nc(Cl)nc23)c(Cl)c1. The van der Waals surface area contributed by atoms with E-state index in [1.54, 1.807) is 6.07 Å². The van der Waals surface area contributed by atoms with Crippen LogP contribution in [0.5, 0.6) is 0 Å². The van der Waals surface area contributed by atoms with E-state index in [0.717, 1.165) is 23.7 Å². The molecule has 1 aliphatic rings. The first kappa shape index (κ1) is 19.0. The summed E-state index contributed by atoms with van der Waals surface area (Å²) in [7, 11) is 0. The second kappa shape index (κ2) is 8.32. The number of nitrogens with zero attached hydrogens (tertiary/aromatic N) is 5. The van der Waals surface area contributed by atoms with Crippen LogP contribution in [-0.2, 0) is 10.5 Å². The van der Waals surface area contributed by atoms with Gasteiger partial charge in [0.25, 0.3) is 0 Å². The zero-order valence-electron chi connectivity index (χ0n) is 14.0. The predicted molar refractivity (Wildman–Crippen MR) is 109 cm³/mol. The quantitative estimate of drug-likeness (QED) is 0.334. The lowest BCUT2D eigenvalue weighted by Crippen LogP contribution is -2.37. The Balaban J connectivity index is 1.68. The summed E-state index contributed by atoms with van der Waals surface area (Å²) in [5, 5.41) is 2.13. The summed E-state index contributed by atoms with van der Waals surface area (Å²) in [4.78, 5) is 19.7. The highest BCUT2D eigenvalue weighted by atomic mass is 35.5. The van der Waals surface area contributed by atoms with Crippen LogP contribution in [0, 0.1) is 0 Å². The predicted octanol–water partition coefficient (Wildman–Crippen LogP) is 4.51. The fourth-order valence-electron chi connectivity index (χ4n) is 2.77. The molecule has 0 atom stereocenters. The molecular formula is C17H14Cl3N5OS. The summed E-state index contributed by atoms with van der Waals surface area (Å²) in [5.74, 6) is 1.33. The Bertz CT molecular complexity index is 984. The van der Waals surface area contributed by atoms with Gasteiger partial charge >= 0.3 is 0 Å². The summed E-state index contributed by atoms with van der Waals surface area (Å²) < 4.78 is 5.42. The fourth-order valence-corrected chi connectivity index (χ4v) is 4.43. The van der Waals surface area contributed by atoms with Crippen LogP contribution in [0.3, 0.4) is 0 Å². The molecule has 0 spiro atoms. The Morgan fingerprint density at radius 2 is 1.85 bits per heavy atom. The van der Waals surface area contributed by atoms with Crippen molar-refractivity contribution >= 4 is 63.4 Å². The van der Waals surface area contributed by atoms with Gasteiger partial charge in [0.1, 0.15) is 22.4 Å². The molecule has 4 rings (SSSR count). The molecule has 2 aromatic heterocycles. The van der Waals surface area contributed by atoms with Crippen LogP contribution in [-0.4, -0.2) is 46.2 Å². The average molecular weight is 443 g/mol. The molecule has 0 unspecified atom stereocenters. The molecule has 0 saturated carbocycles. The van der Waals surface area contributed by atoms with E-state index in [1.165, 1.54) is 18.1 Å². The Kier molecular flexibility index (Phi) is 5.85. The van der Waals surface area contributed by atoms with E-state index in [2.05, 4.69) is 24.8 Å². The van der Waals surface area contributed by atoms with Crippen molar-refractivity contribution in [3.8, 4) is 0 Å². The van der Waals surface area contributed by atoms with Crippen LogP contribution in [0.15, 0.2) is 29.6 Å². The van der Waals surface area contributed by atoms with Gasteiger partial charge in [0.05, 0.1) is 13.2 Å². The zero-order valence-corrected chi connectivity index (χ0v) is 17.1. The summed E-state index contributed by atoms with van der Waals surface area (Å²) >= 11 is 19.9. The molecule has 0 aliphatic carbocycles. The van der Waals surface area contributed by atoms with Gasteiger partial charge in [0.2, 0.25) is 5.28 Å². The second-order valence-electron chi connectivity index (χ2n) is 5.82. The van der Waals surface area contributed by atoms with Crippen molar-refractivity contribution in [3.05, 3.63) is 45.4 Å². The number of fused-ring (bicyclic) bond motifs is 1. The van der Waals surface area contributed by atoms with Gasteiger partial charge in [-0.25, -0.2) is 15.0 Å². The number of thioether (sulfide) groups is 1. The first-order valence-electron chi connectivity index (χ1n) is 8.19. The molecule has 6 nitrogen and oxygen atoms in total. The Morgan fingerprint density at radius 3 is 2.63 bits per heavy atom. The van der Waals surface area contributed by atoms with Crippen molar-refractivity contribution in [2.75, 3.05) is 31.2 Å². The number of hydrogen-bond acceptors (Lipinski definition) is 7. The van der Waals surface area contributed by atoms with Crippen molar-refractivity contribution in [3.63, 3.8) is 0 Å². The lowest BCUT2D eigenvalue weighted by molar-refractivity contribution is 0.122. The molecule has 0 amide bonds. The summed E-state index contributed by atoms with van der Waals surface area (Å²) in [6.07, 6.45) is 1.52. The van der Waals surface area contributed by atoms with Crippen molar-refractivity contribution in [2.24, 2.45) is 0 Å². The minimum absolute atomic E-state index is 0.171. The molecule has 0 bridgehead atoms. The second-order valence-corrected chi connectivity index (χ2v) is 7.96. The number of anilines is 1. The van der Waals surface area contributed by atoms with Gasteiger partial charge in [-0.1, -0.05) is 41.0 Å². The van der Waals surface area contributed by atoms with Crippen LogP contribution < -0.4 is 4.90 Å². The van der Waals surface area contributed by atoms with E-state index >= 15 is 0 Å². The van der Waals surface area contributed by atoms with E-state index in [-0.39, 0.29) is 5.28 Å². The fraction of sp³-hybridized carbons (Fsp3) is 0.294. The average Bonchev–Trinajstić information content (AvgIpc) is 2.67. The standard InChI is InChI=1S/C17H14Cl3N5OS/c18-11-2-1-10(12(19)7-11)8-27-16-14-13(21-9-22-16)15(24-17(20)23-14)25-3-5-26-6-4-25/h1-2,7,9H,3-6,8H2. The number of benzene rings is 1. The third-order valence-corrected chi connectivity index (χ3v) is 5.88. The van der Waals surface area contributed by atoms with Gasteiger partial charge < -0.3 is 9.64 Å². The molecule has 1 aromatic carbocycles. The Morgan fingerprint density at radius 1 is 1.04 bits per heavy atom. The smallest absolute Gasteiger partial charge is 0.225 e. The van der Waals surface area contributed by atoms with Gasteiger partial charge in [0, 0.05) is 28.9 Å². The number of rotatable bonds is 4. The minimum atomic E-state index is 0.171. The number of hydrogen-bond donors (Lipinski definition) is 0. The monoisotopic (exact) mass is 441 g/mol. The maximum absolute atomic E-state index is 6.27. The molecule has 10 heteroatoms. The van der Waals surface area contributed by atoms with E-state index < -0.39 is 0 Å².